The largest absolute Gasteiger partial charge is 0.340 e. The SMILES string of the molecule is Cc1cc(Nc2cccc(Cl)c2)ncn1. The number of anilines is 2. The molecule has 0 aliphatic rings. The molecule has 0 saturated heterocycles. The van der Waals surface area contributed by atoms with E-state index >= 15 is 0 Å². The van der Waals surface area contributed by atoms with Crippen LogP contribution in [-0.4, -0.2) is 9.97 Å². The molecule has 0 fully saturated rings. The molecule has 4 heteroatoms. The maximum Gasteiger partial charge on any atom is 0.133 e. The van der Waals surface area contributed by atoms with Gasteiger partial charge in [-0.1, -0.05) is 17.7 Å². The van der Waals surface area contributed by atoms with E-state index in [0.29, 0.717) is 5.02 Å². The van der Waals surface area contributed by atoms with Gasteiger partial charge in [0.05, 0.1) is 0 Å². The fourth-order valence-corrected chi connectivity index (χ4v) is 1.43. The summed E-state index contributed by atoms with van der Waals surface area (Å²) >= 11 is 5.87. The number of aryl methyl sites for hydroxylation is 1. The molecule has 0 radical (unpaired) electrons. The zero-order chi connectivity index (χ0) is 10.7. The third-order valence-electron chi connectivity index (χ3n) is 1.90. The molecule has 15 heavy (non-hydrogen) atoms. The standard InChI is InChI=1S/C11H10ClN3/c1-8-5-11(14-7-13-8)15-10-4-2-3-9(12)6-10/h2-7H,1H3,(H,13,14,15). The van der Waals surface area contributed by atoms with Crippen LogP contribution in [0.5, 0.6) is 0 Å². The van der Waals surface area contributed by atoms with E-state index in [1.54, 1.807) is 0 Å². The highest BCUT2D eigenvalue weighted by Crippen LogP contribution is 2.18. The van der Waals surface area contributed by atoms with Crippen molar-refractivity contribution < 1.29 is 0 Å². The first-order chi connectivity index (χ1) is 7.24. The summed E-state index contributed by atoms with van der Waals surface area (Å²) in [6, 6.07) is 9.37. The Bertz CT molecular complexity index is 427. The number of benzene rings is 1. The van der Waals surface area contributed by atoms with E-state index in [-0.39, 0.29) is 0 Å². The lowest BCUT2D eigenvalue weighted by molar-refractivity contribution is 1.10. The number of halogens is 1. The van der Waals surface area contributed by atoms with Gasteiger partial charge in [0, 0.05) is 22.5 Å². The van der Waals surface area contributed by atoms with Gasteiger partial charge in [0.15, 0.2) is 0 Å². The molecule has 0 spiro atoms. The monoisotopic (exact) mass is 219 g/mol. The third-order valence-corrected chi connectivity index (χ3v) is 2.14. The highest BCUT2D eigenvalue weighted by Gasteiger charge is 1.97. The van der Waals surface area contributed by atoms with Crippen LogP contribution < -0.4 is 5.32 Å². The lowest BCUT2D eigenvalue weighted by Gasteiger charge is -2.05. The Balaban J connectivity index is 2.22. The van der Waals surface area contributed by atoms with E-state index < -0.39 is 0 Å². The van der Waals surface area contributed by atoms with E-state index in [4.69, 9.17) is 11.6 Å². The van der Waals surface area contributed by atoms with Gasteiger partial charge >= 0.3 is 0 Å². The predicted molar refractivity (Wildman–Crippen MR) is 61.5 cm³/mol. The van der Waals surface area contributed by atoms with Gasteiger partial charge in [0.1, 0.15) is 12.1 Å². The summed E-state index contributed by atoms with van der Waals surface area (Å²) in [6.45, 7) is 1.92. The first-order valence-electron chi connectivity index (χ1n) is 4.55. The van der Waals surface area contributed by atoms with Crippen LogP contribution in [-0.2, 0) is 0 Å². The van der Waals surface area contributed by atoms with Crippen molar-refractivity contribution >= 4 is 23.1 Å². The fourth-order valence-electron chi connectivity index (χ4n) is 1.24. The lowest BCUT2D eigenvalue weighted by Crippen LogP contribution is -1.94. The molecule has 76 valence electrons. The summed E-state index contributed by atoms with van der Waals surface area (Å²) in [5.41, 5.74) is 1.84. The molecule has 2 aromatic rings. The Morgan fingerprint density at radius 3 is 2.80 bits per heavy atom. The van der Waals surface area contributed by atoms with Crippen molar-refractivity contribution in [2.75, 3.05) is 5.32 Å². The van der Waals surface area contributed by atoms with Crippen LogP contribution in [0.4, 0.5) is 11.5 Å². The minimum atomic E-state index is 0.700. The van der Waals surface area contributed by atoms with E-state index in [2.05, 4.69) is 15.3 Å². The molecule has 0 aliphatic heterocycles. The van der Waals surface area contributed by atoms with Crippen molar-refractivity contribution in [3.8, 4) is 0 Å². The van der Waals surface area contributed by atoms with Crippen molar-refractivity contribution in [1.29, 1.82) is 0 Å². The zero-order valence-corrected chi connectivity index (χ0v) is 8.99. The maximum absolute atomic E-state index is 5.87. The highest BCUT2D eigenvalue weighted by molar-refractivity contribution is 6.30. The molecule has 0 atom stereocenters. The number of rotatable bonds is 2. The van der Waals surface area contributed by atoms with Gasteiger partial charge < -0.3 is 5.32 Å². The number of hydrogen-bond acceptors (Lipinski definition) is 3. The first-order valence-corrected chi connectivity index (χ1v) is 4.93. The van der Waals surface area contributed by atoms with Crippen molar-refractivity contribution in [3.05, 3.63) is 47.4 Å². The minimum absolute atomic E-state index is 0.700. The molecule has 0 amide bonds. The zero-order valence-electron chi connectivity index (χ0n) is 8.24. The van der Waals surface area contributed by atoms with Crippen molar-refractivity contribution in [3.63, 3.8) is 0 Å². The lowest BCUT2D eigenvalue weighted by atomic mass is 10.3. The van der Waals surface area contributed by atoms with E-state index in [0.717, 1.165) is 17.2 Å². The summed E-state index contributed by atoms with van der Waals surface area (Å²) in [5.74, 6) is 0.768. The molecule has 1 heterocycles. The van der Waals surface area contributed by atoms with Crippen molar-refractivity contribution in [2.24, 2.45) is 0 Å². The van der Waals surface area contributed by atoms with Crippen LogP contribution in [0.2, 0.25) is 5.02 Å². The summed E-state index contributed by atoms with van der Waals surface area (Å²) < 4.78 is 0. The Hall–Kier alpha value is -1.61. The van der Waals surface area contributed by atoms with E-state index in [1.165, 1.54) is 6.33 Å². The van der Waals surface area contributed by atoms with Gasteiger partial charge in [-0.05, 0) is 25.1 Å². The van der Waals surface area contributed by atoms with Gasteiger partial charge in [-0.2, -0.15) is 0 Å². The van der Waals surface area contributed by atoms with Crippen molar-refractivity contribution in [1.82, 2.24) is 9.97 Å². The molecular weight excluding hydrogens is 210 g/mol. The quantitative estimate of drug-likeness (QED) is 0.843. The molecule has 1 aromatic carbocycles. The highest BCUT2D eigenvalue weighted by atomic mass is 35.5. The predicted octanol–water partition coefficient (Wildman–Crippen LogP) is 3.18. The average Bonchev–Trinajstić information content (AvgIpc) is 2.17. The van der Waals surface area contributed by atoms with Crippen LogP contribution >= 0.6 is 11.6 Å². The van der Waals surface area contributed by atoms with E-state index in [1.807, 2.05) is 37.3 Å². The second-order valence-electron chi connectivity index (χ2n) is 3.18. The number of hydrogen-bond donors (Lipinski definition) is 1. The Kier molecular flexibility index (Phi) is 2.83. The van der Waals surface area contributed by atoms with Gasteiger partial charge in [-0.25, -0.2) is 9.97 Å². The van der Waals surface area contributed by atoms with Gasteiger partial charge in [0.2, 0.25) is 0 Å². The second-order valence-corrected chi connectivity index (χ2v) is 3.62. The number of nitrogens with zero attached hydrogens (tertiary/aromatic N) is 2. The van der Waals surface area contributed by atoms with Crippen LogP contribution in [0.3, 0.4) is 0 Å². The summed E-state index contributed by atoms with van der Waals surface area (Å²) in [5, 5.41) is 3.85. The molecule has 1 aromatic heterocycles. The number of nitrogens with one attached hydrogen (secondary N) is 1. The fraction of sp³-hybridized carbons (Fsp3) is 0.0909. The smallest absolute Gasteiger partial charge is 0.133 e. The molecular formula is C11H10ClN3. The van der Waals surface area contributed by atoms with Crippen LogP contribution in [0.1, 0.15) is 5.69 Å². The summed E-state index contributed by atoms with van der Waals surface area (Å²) in [4.78, 5) is 8.12. The Morgan fingerprint density at radius 1 is 1.20 bits per heavy atom. The normalized spacial score (nSPS) is 10.0. The summed E-state index contributed by atoms with van der Waals surface area (Å²) in [6.07, 6.45) is 1.53. The van der Waals surface area contributed by atoms with Crippen LogP contribution in [0.15, 0.2) is 36.7 Å². The summed E-state index contributed by atoms with van der Waals surface area (Å²) in [7, 11) is 0. The number of aromatic nitrogens is 2. The Morgan fingerprint density at radius 2 is 2.07 bits per heavy atom. The first kappa shape index (κ1) is 9.93. The molecule has 0 bridgehead atoms. The van der Waals surface area contributed by atoms with Gasteiger partial charge in [0.25, 0.3) is 0 Å². The Labute approximate surface area is 93.1 Å². The third kappa shape index (κ3) is 2.67. The molecule has 1 N–H and O–H groups in total. The molecule has 0 saturated carbocycles. The maximum atomic E-state index is 5.87. The van der Waals surface area contributed by atoms with Gasteiger partial charge in [-0.15, -0.1) is 0 Å². The van der Waals surface area contributed by atoms with Crippen LogP contribution in [0, 0.1) is 6.92 Å². The second kappa shape index (κ2) is 4.28. The molecule has 0 unspecified atom stereocenters. The minimum Gasteiger partial charge on any atom is -0.340 e. The van der Waals surface area contributed by atoms with Crippen molar-refractivity contribution in [2.45, 2.75) is 6.92 Å². The average molecular weight is 220 g/mol. The molecule has 0 aliphatic carbocycles. The topological polar surface area (TPSA) is 37.8 Å². The van der Waals surface area contributed by atoms with E-state index in [9.17, 15) is 0 Å². The molecule has 2 rings (SSSR count). The van der Waals surface area contributed by atoms with Crippen LogP contribution in [0.25, 0.3) is 0 Å². The molecule has 3 nitrogen and oxygen atoms in total. The van der Waals surface area contributed by atoms with Gasteiger partial charge in [-0.3, -0.25) is 0 Å².